The fourth-order valence-corrected chi connectivity index (χ4v) is 4.79. The number of aliphatic hydroxyl groups excluding tert-OH is 1. The molecule has 200 valence electrons. The number of primary amides is 1. The molecule has 2 atom stereocenters. The number of hydrogen-bond acceptors (Lipinski definition) is 6. The first-order valence-electron chi connectivity index (χ1n) is 12.0. The monoisotopic (exact) mass is 522 g/mol. The summed E-state index contributed by atoms with van der Waals surface area (Å²) in [6.07, 6.45) is -1.88. The van der Waals surface area contributed by atoms with Crippen LogP contribution in [0.3, 0.4) is 0 Å². The van der Waals surface area contributed by atoms with E-state index in [1.165, 1.54) is 24.7 Å². The van der Waals surface area contributed by atoms with Gasteiger partial charge in [0.15, 0.2) is 5.82 Å². The van der Waals surface area contributed by atoms with Crippen LogP contribution in [-0.2, 0) is 24.1 Å². The Bertz CT molecular complexity index is 1240. The minimum Gasteiger partial charge on any atom is -0.391 e. The first kappa shape index (κ1) is 26.8. The highest BCUT2D eigenvalue weighted by Gasteiger charge is 2.31. The van der Waals surface area contributed by atoms with Crippen LogP contribution in [0.2, 0.25) is 0 Å². The summed E-state index contributed by atoms with van der Waals surface area (Å²) < 4.78 is 55.8. The first-order chi connectivity index (χ1) is 17.4. The Morgan fingerprint density at radius 3 is 2.54 bits per heavy atom. The standard InChI is InChI=1S/C25H30F4N6O2/c1-15(2)35(9-16-3-5-18(6-4-16)25(27,28)29)24-22-19(26)11-34(23(22)31-14-32-24)10-17-7-8-33(12-20(17)36)13-21(30)37/h3-6,11,14-15,17,20,36H,7-10,12-13H2,1-2H3,(H2,30,37). The lowest BCUT2D eigenvalue weighted by Crippen LogP contribution is -2.47. The number of hydrogen-bond donors (Lipinski definition) is 2. The number of rotatable bonds is 8. The molecule has 8 nitrogen and oxygen atoms in total. The fourth-order valence-electron chi connectivity index (χ4n) is 4.79. The molecule has 3 heterocycles. The smallest absolute Gasteiger partial charge is 0.391 e. The Balaban J connectivity index is 1.58. The van der Waals surface area contributed by atoms with Crippen molar-refractivity contribution in [3.8, 4) is 0 Å². The summed E-state index contributed by atoms with van der Waals surface area (Å²) in [4.78, 5) is 23.4. The van der Waals surface area contributed by atoms with Crippen LogP contribution in [0.25, 0.3) is 11.0 Å². The molecule has 2 unspecified atom stereocenters. The molecule has 0 radical (unpaired) electrons. The van der Waals surface area contributed by atoms with Crippen molar-refractivity contribution in [3.05, 3.63) is 53.7 Å². The van der Waals surface area contributed by atoms with Gasteiger partial charge in [0.05, 0.1) is 23.6 Å². The zero-order chi connectivity index (χ0) is 26.9. The maximum atomic E-state index is 15.3. The van der Waals surface area contributed by atoms with E-state index in [2.05, 4.69) is 9.97 Å². The van der Waals surface area contributed by atoms with Crippen LogP contribution < -0.4 is 10.6 Å². The molecule has 12 heteroatoms. The van der Waals surface area contributed by atoms with E-state index in [-0.39, 0.29) is 30.4 Å². The maximum absolute atomic E-state index is 15.3. The average Bonchev–Trinajstić information content (AvgIpc) is 3.14. The second-order valence-electron chi connectivity index (χ2n) is 9.76. The molecule has 1 aliphatic rings. The molecule has 1 aliphatic heterocycles. The number of fused-ring (bicyclic) bond motifs is 1. The number of benzene rings is 1. The summed E-state index contributed by atoms with van der Waals surface area (Å²) in [7, 11) is 0. The van der Waals surface area contributed by atoms with E-state index in [4.69, 9.17) is 5.73 Å². The van der Waals surface area contributed by atoms with Crippen molar-refractivity contribution in [1.29, 1.82) is 0 Å². The number of anilines is 1. The van der Waals surface area contributed by atoms with Crippen molar-refractivity contribution >= 4 is 22.8 Å². The Morgan fingerprint density at radius 2 is 1.95 bits per heavy atom. The van der Waals surface area contributed by atoms with Crippen LogP contribution in [0.15, 0.2) is 36.8 Å². The lowest BCUT2D eigenvalue weighted by atomic mass is 9.93. The molecule has 3 aromatic rings. The van der Waals surface area contributed by atoms with Crippen molar-refractivity contribution in [3.63, 3.8) is 0 Å². The van der Waals surface area contributed by atoms with E-state index < -0.39 is 29.6 Å². The molecule has 4 rings (SSSR count). The van der Waals surface area contributed by atoms with Crippen molar-refractivity contribution in [2.75, 3.05) is 24.5 Å². The molecule has 1 amide bonds. The van der Waals surface area contributed by atoms with E-state index in [1.807, 2.05) is 18.7 Å². The summed E-state index contributed by atoms with van der Waals surface area (Å²) >= 11 is 0. The highest BCUT2D eigenvalue weighted by molar-refractivity contribution is 5.88. The highest BCUT2D eigenvalue weighted by atomic mass is 19.4. The predicted octanol–water partition coefficient (Wildman–Crippen LogP) is 3.17. The summed E-state index contributed by atoms with van der Waals surface area (Å²) in [5.74, 6) is -0.817. The molecule has 1 fully saturated rings. The van der Waals surface area contributed by atoms with Gasteiger partial charge in [-0.1, -0.05) is 12.1 Å². The van der Waals surface area contributed by atoms with Gasteiger partial charge in [0, 0.05) is 37.8 Å². The van der Waals surface area contributed by atoms with Crippen LogP contribution >= 0.6 is 0 Å². The number of likely N-dealkylation sites (tertiary alicyclic amines) is 1. The van der Waals surface area contributed by atoms with Gasteiger partial charge in [-0.3, -0.25) is 9.69 Å². The molecular weight excluding hydrogens is 492 g/mol. The summed E-state index contributed by atoms with van der Waals surface area (Å²) in [5, 5.41) is 10.8. The highest BCUT2D eigenvalue weighted by Crippen LogP contribution is 2.32. The molecule has 2 aromatic heterocycles. The largest absolute Gasteiger partial charge is 0.416 e. The number of β-amino-alcohol motifs (C(OH)–C–C–N with tert-alkyl or cyclic N) is 1. The van der Waals surface area contributed by atoms with Crippen LogP contribution in [0.5, 0.6) is 0 Å². The Hall–Kier alpha value is -3.25. The number of alkyl halides is 3. The summed E-state index contributed by atoms with van der Waals surface area (Å²) in [6, 6.07) is 4.73. The zero-order valence-electron chi connectivity index (χ0n) is 20.6. The molecule has 37 heavy (non-hydrogen) atoms. The van der Waals surface area contributed by atoms with Gasteiger partial charge in [-0.15, -0.1) is 0 Å². The minimum atomic E-state index is -4.42. The molecule has 0 saturated carbocycles. The van der Waals surface area contributed by atoms with E-state index in [1.54, 1.807) is 9.47 Å². The third-order valence-corrected chi connectivity index (χ3v) is 6.73. The van der Waals surface area contributed by atoms with Gasteiger partial charge in [0.1, 0.15) is 17.8 Å². The van der Waals surface area contributed by atoms with Crippen molar-refractivity contribution in [1.82, 2.24) is 19.4 Å². The molecule has 3 N–H and O–H groups in total. The molecule has 0 aliphatic carbocycles. The van der Waals surface area contributed by atoms with Crippen molar-refractivity contribution < 1.29 is 27.5 Å². The second kappa shape index (κ2) is 10.6. The number of carbonyl (C=O) groups excluding carboxylic acids is 1. The zero-order valence-corrected chi connectivity index (χ0v) is 20.6. The van der Waals surface area contributed by atoms with E-state index in [0.29, 0.717) is 43.1 Å². The van der Waals surface area contributed by atoms with Gasteiger partial charge < -0.3 is 20.3 Å². The third-order valence-electron chi connectivity index (χ3n) is 6.73. The topological polar surface area (TPSA) is 101 Å². The Kier molecular flexibility index (Phi) is 7.69. The van der Waals surface area contributed by atoms with Gasteiger partial charge in [-0.25, -0.2) is 14.4 Å². The Labute approximate surface area is 211 Å². The lowest BCUT2D eigenvalue weighted by Gasteiger charge is -2.35. The molecule has 0 spiro atoms. The minimum absolute atomic E-state index is 0.0748. The third kappa shape index (κ3) is 6.02. The average molecular weight is 523 g/mol. The number of nitrogens with zero attached hydrogens (tertiary/aromatic N) is 5. The lowest BCUT2D eigenvalue weighted by molar-refractivity contribution is -0.137. The molecule has 1 saturated heterocycles. The maximum Gasteiger partial charge on any atom is 0.416 e. The molecule has 0 bridgehead atoms. The van der Waals surface area contributed by atoms with Gasteiger partial charge in [0.2, 0.25) is 5.91 Å². The quantitative estimate of drug-likeness (QED) is 0.441. The van der Waals surface area contributed by atoms with Gasteiger partial charge >= 0.3 is 6.18 Å². The number of aliphatic hydroxyl groups is 1. The van der Waals surface area contributed by atoms with Crippen LogP contribution in [0.4, 0.5) is 23.4 Å². The summed E-state index contributed by atoms with van der Waals surface area (Å²) in [6.45, 7) is 5.29. The number of carbonyl (C=O) groups is 1. The normalized spacial score (nSPS) is 19.0. The SMILES string of the molecule is CC(C)N(Cc1ccc(C(F)(F)F)cc1)c1ncnc2c1c(F)cn2CC1CCN(CC(N)=O)CC1O. The van der Waals surface area contributed by atoms with E-state index >= 15 is 4.39 Å². The second-order valence-corrected chi connectivity index (χ2v) is 9.76. The van der Waals surface area contributed by atoms with E-state index in [0.717, 1.165) is 12.1 Å². The van der Waals surface area contributed by atoms with Crippen LogP contribution in [0, 0.1) is 11.7 Å². The van der Waals surface area contributed by atoms with Crippen molar-refractivity contribution in [2.24, 2.45) is 11.7 Å². The van der Waals surface area contributed by atoms with E-state index in [9.17, 15) is 23.1 Å². The molecule has 1 aromatic carbocycles. The number of amides is 1. The van der Waals surface area contributed by atoms with Crippen molar-refractivity contribution in [2.45, 2.75) is 51.7 Å². The van der Waals surface area contributed by atoms with Crippen LogP contribution in [0.1, 0.15) is 31.4 Å². The van der Waals surface area contributed by atoms with Crippen LogP contribution in [-0.4, -0.2) is 62.2 Å². The molecular formula is C25H30F4N6O2. The van der Waals surface area contributed by atoms with Gasteiger partial charge in [-0.05, 0) is 44.5 Å². The number of piperidine rings is 1. The number of nitrogens with two attached hydrogens (primary N) is 1. The van der Waals surface area contributed by atoms with Gasteiger partial charge in [0.25, 0.3) is 0 Å². The summed E-state index contributed by atoms with van der Waals surface area (Å²) in [5.41, 5.74) is 5.51. The fraction of sp³-hybridized carbons (Fsp3) is 0.480. The number of halogens is 4. The predicted molar refractivity (Wildman–Crippen MR) is 130 cm³/mol. The Morgan fingerprint density at radius 1 is 1.24 bits per heavy atom. The van der Waals surface area contributed by atoms with Gasteiger partial charge in [-0.2, -0.15) is 13.2 Å². The number of aromatic nitrogens is 3. The first-order valence-corrected chi connectivity index (χ1v) is 12.0.